The first-order chi connectivity index (χ1) is 15.9. The first kappa shape index (κ1) is 22.8. The molecule has 2 aromatic carbocycles. The van der Waals surface area contributed by atoms with Gasteiger partial charge in [-0.2, -0.15) is 0 Å². The van der Waals surface area contributed by atoms with E-state index >= 15 is 0 Å². The van der Waals surface area contributed by atoms with Crippen molar-refractivity contribution in [3.8, 4) is 11.5 Å². The lowest BCUT2D eigenvalue weighted by Gasteiger charge is -2.32. The molecule has 1 fully saturated rings. The fraction of sp³-hybridized carbons (Fsp3) is 0.370. The number of piperidine rings is 1. The van der Waals surface area contributed by atoms with Crippen LogP contribution in [0.25, 0.3) is 10.9 Å². The maximum atomic E-state index is 13.1. The zero-order valence-corrected chi connectivity index (χ0v) is 19.8. The zero-order valence-electron chi connectivity index (χ0n) is 19.8. The lowest BCUT2D eigenvalue weighted by atomic mass is 9.84. The number of carbonyl (C=O) groups is 1. The molecule has 0 saturated carbocycles. The molecule has 3 aromatic rings. The second-order valence-electron chi connectivity index (χ2n) is 9.05. The molecule has 1 amide bonds. The number of likely N-dealkylation sites (tertiary alicyclic amines) is 1. The number of benzene rings is 2. The molecule has 1 saturated heterocycles. The van der Waals surface area contributed by atoms with Gasteiger partial charge in [-0.15, -0.1) is 6.58 Å². The molecule has 4 rings (SSSR count). The predicted molar refractivity (Wildman–Crippen MR) is 130 cm³/mol. The molecule has 6 heteroatoms. The van der Waals surface area contributed by atoms with Gasteiger partial charge in [0.2, 0.25) is 0 Å². The third-order valence-electron chi connectivity index (χ3n) is 6.73. The highest BCUT2D eigenvalue weighted by Crippen LogP contribution is 2.37. The van der Waals surface area contributed by atoms with E-state index in [1.807, 2.05) is 47.4 Å². The smallest absolute Gasteiger partial charge is 0.253 e. The van der Waals surface area contributed by atoms with Crippen molar-refractivity contribution in [2.24, 2.45) is 0 Å². The number of amides is 1. The molecule has 0 atom stereocenters. The second kappa shape index (κ2) is 9.22. The Kier molecular flexibility index (Phi) is 6.36. The summed E-state index contributed by atoms with van der Waals surface area (Å²) in [6, 6.07) is 11.7. The highest BCUT2D eigenvalue weighted by molar-refractivity contribution is 5.94. The Morgan fingerprint density at radius 3 is 2.30 bits per heavy atom. The summed E-state index contributed by atoms with van der Waals surface area (Å²) in [4.78, 5) is 24.1. The molecule has 0 aliphatic carbocycles. The van der Waals surface area contributed by atoms with Crippen molar-refractivity contribution in [1.82, 2.24) is 14.9 Å². The van der Waals surface area contributed by atoms with E-state index in [9.17, 15) is 4.79 Å². The molecule has 1 aliphatic heterocycles. The highest BCUT2D eigenvalue weighted by Gasteiger charge is 2.27. The second-order valence-corrected chi connectivity index (χ2v) is 9.05. The quantitative estimate of drug-likeness (QED) is 0.492. The number of carbonyl (C=O) groups excluding carboxylic acids is 1. The molecule has 33 heavy (non-hydrogen) atoms. The van der Waals surface area contributed by atoms with E-state index in [1.54, 1.807) is 20.5 Å². The summed E-state index contributed by atoms with van der Waals surface area (Å²) in [6.45, 7) is 9.54. The summed E-state index contributed by atoms with van der Waals surface area (Å²) in [7, 11) is 3.24. The minimum atomic E-state index is -0.118. The monoisotopic (exact) mass is 445 g/mol. The van der Waals surface area contributed by atoms with Crippen LogP contribution >= 0.6 is 0 Å². The number of methoxy groups -OCH3 is 2. The SMILES string of the molecule is C=CC(C)(C)c1ccc(C(=O)N2CCC(c3ncnc4cc(OC)c(OC)cc34)CC2)cc1. The molecule has 1 aliphatic rings. The van der Waals surface area contributed by atoms with Crippen molar-refractivity contribution in [2.45, 2.75) is 38.0 Å². The summed E-state index contributed by atoms with van der Waals surface area (Å²) in [5, 5.41) is 0.973. The van der Waals surface area contributed by atoms with Gasteiger partial charge in [-0.25, -0.2) is 9.97 Å². The van der Waals surface area contributed by atoms with Crippen LogP contribution in [0.1, 0.15) is 54.2 Å². The van der Waals surface area contributed by atoms with Crippen LogP contribution in [0.2, 0.25) is 0 Å². The fourth-order valence-corrected chi connectivity index (χ4v) is 4.43. The third kappa shape index (κ3) is 4.42. The van der Waals surface area contributed by atoms with E-state index in [4.69, 9.17) is 9.47 Å². The van der Waals surface area contributed by atoms with Crippen LogP contribution < -0.4 is 9.47 Å². The molecule has 0 radical (unpaired) electrons. The van der Waals surface area contributed by atoms with Crippen molar-refractivity contribution in [1.29, 1.82) is 0 Å². The highest BCUT2D eigenvalue weighted by atomic mass is 16.5. The number of allylic oxidation sites excluding steroid dienone is 1. The van der Waals surface area contributed by atoms with Gasteiger partial charge in [-0.1, -0.05) is 32.1 Å². The normalized spacial score (nSPS) is 14.8. The first-order valence-corrected chi connectivity index (χ1v) is 11.3. The summed E-state index contributed by atoms with van der Waals surface area (Å²) in [5.74, 6) is 1.65. The molecule has 2 heterocycles. The summed E-state index contributed by atoms with van der Waals surface area (Å²) in [5.41, 5.74) is 3.59. The number of ether oxygens (including phenoxy) is 2. The Morgan fingerprint density at radius 1 is 1.06 bits per heavy atom. The Morgan fingerprint density at radius 2 is 1.70 bits per heavy atom. The van der Waals surface area contributed by atoms with E-state index in [-0.39, 0.29) is 17.2 Å². The first-order valence-electron chi connectivity index (χ1n) is 11.3. The lowest BCUT2D eigenvalue weighted by Crippen LogP contribution is -2.38. The fourth-order valence-electron chi connectivity index (χ4n) is 4.43. The number of rotatable bonds is 6. The average molecular weight is 446 g/mol. The van der Waals surface area contributed by atoms with E-state index in [2.05, 4.69) is 30.4 Å². The van der Waals surface area contributed by atoms with Gasteiger partial charge < -0.3 is 14.4 Å². The van der Waals surface area contributed by atoms with Crippen LogP contribution in [0.15, 0.2) is 55.4 Å². The minimum absolute atomic E-state index is 0.0790. The standard InChI is InChI=1S/C27H31N3O3/c1-6-27(2,3)20-9-7-19(8-10-20)26(31)30-13-11-18(12-14-30)25-21-15-23(32-4)24(33-5)16-22(21)28-17-29-25/h6-10,15-18H,1,11-14H2,2-5H3. The molecule has 1 aromatic heterocycles. The molecule has 0 spiro atoms. The molecule has 172 valence electrons. The lowest BCUT2D eigenvalue weighted by molar-refractivity contribution is 0.0712. The van der Waals surface area contributed by atoms with E-state index < -0.39 is 0 Å². The topological polar surface area (TPSA) is 64.6 Å². The number of nitrogens with zero attached hydrogens (tertiary/aromatic N) is 3. The van der Waals surface area contributed by atoms with Gasteiger partial charge in [-0.3, -0.25) is 4.79 Å². The van der Waals surface area contributed by atoms with E-state index in [0.29, 0.717) is 24.6 Å². The van der Waals surface area contributed by atoms with Crippen LogP contribution in [-0.4, -0.2) is 48.1 Å². The third-order valence-corrected chi connectivity index (χ3v) is 6.73. The molecular formula is C27H31N3O3. The number of hydrogen-bond donors (Lipinski definition) is 0. The largest absolute Gasteiger partial charge is 0.493 e. The molecule has 0 N–H and O–H groups in total. The van der Waals surface area contributed by atoms with Crippen LogP contribution in [0.5, 0.6) is 11.5 Å². The van der Waals surface area contributed by atoms with Crippen LogP contribution in [0.3, 0.4) is 0 Å². The van der Waals surface area contributed by atoms with Gasteiger partial charge in [0.1, 0.15) is 6.33 Å². The maximum absolute atomic E-state index is 13.1. The zero-order chi connectivity index (χ0) is 23.6. The van der Waals surface area contributed by atoms with Crippen molar-refractivity contribution in [3.63, 3.8) is 0 Å². The van der Waals surface area contributed by atoms with Gasteiger partial charge in [0, 0.05) is 41.4 Å². The van der Waals surface area contributed by atoms with Gasteiger partial charge in [0.05, 0.1) is 25.4 Å². The van der Waals surface area contributed by atoms with E-state index in [0.717, 1.165) is 40.6 Å². The van der Waals surface area contributed by atoms with Gasteiger partial charge in [0.25, 0.3) is 5.91 Å². The summed E-state index contributed by atoms with van der Waals surface area (Å²) >= 11 is 0. The van der Waals surface area contributed by atoms with Crippen LogP contribution in [0.4, 0.5) is 0 Å². The molecule has 6 nitrogen and oxygen atoms in total. The Bertz CT molecular complexity index is 1160. The Balaban J connectivity index is 1.49. The van der Waals surface area contributed by atoms with Gasteiger partial charge >= 0.3 is 0 Å². The predicted octanol–water partition coefficient (Wildman–Crippen LogP) is 5.13. The maximum Gasteiger partial charge on any atom is 0.253 e. The van der Waals surface area contributed by atoms with Crippen molar-refractivity contribution >= 4 is 16.8 Å². The van der Waals surface area contributed by atoms with Crippen molar-refractivity contribution in [3.05, 3.63) is 72.2 Å². The Labute approximate surface area is 195 Å². The van der Waals surface area contributed by atoms with Crippen LogP contribution in [0, 0.1) is 0 Å². The number of aromatic nitrogens is 2. The number of fused-ring (bicyclic) bond motifs is 1. The van der Waals surface area contributed by atoms with Gasteiger partial charge in [-0.05, 0) is 36.6 Å². The molecule has 0 bridgehead atoms. The summed E-state index contributed by atoms with van der Waals surface area (Å²) < 4.78 is 10.9. The average Bonchev–Trinajstić information content (AvgIpc) is 2.87. The van der Waals surface area contributed by atoms with Gasteiger partial charge in [0.15, 0.2) is 11.5 Å². The Hall–Kier alpha value is -3.41. The molecular weight excluding hydrogens is 414 g/mol. The van der Waals surface area contributed by atoms with E-state index in [1.165, 1.54) is 0 Å². The number of hydrogen-bond acceptors (Lipinski definition) is 5. The minimum Gasteiger partial charge on any atom is -0.493 e. The van der Waals surface area contributed by atoms with Crippen molar-refractivity contribution < 1.29 is 14.3 Å². The van der Waals surface area contributed by atoms with Crippen LogP contribution in [-0.2, 0) is 5.41 Å². The molecule has 0 unspecified atom stereocenters. The van der Waals surface area contributed by atoms with Crippen molar-refractivity contribution in [2.75, 3.05) is 27.3 Å². The summed E-state index contributed by atoms with van der Waals surface area (Å²) in [6.07, 6.45) is 5.24.